The van der Waals surface area contributed by atoms with E-state index < -0.39 is 0 Å². The number of carbonyl (C=O) groups is 1. The maximum atomic E-state index is 12.8. The Kier molecular flexibility index (Phi) is 5.27. The molecule has 1 aliphatic rings. The summed E-state index contributed by atoms with van der Waals surface area (Å²) in [6.07, 6.45) is 4.14. The highest BCUT2D eigenvalue weighted by Gasteiger charge is 2.24. The first kappa shape index (κ1) is 18.8. The molecule has 0 N–H and O–H groups in total. The van der Waals surface area contributed by atoms with Gasteiger partial charge in [-0.15, -0.1) is 0 Å². The lowest BCUT2D eigenvalue weighted by Crippen LogP contribution is -2.42. The minimum Gasteiger partial charge on any atom is -0.339 e. The predicted molar refractivity (Wildman–Crippen MR) is 113 cm³/mol. The SMILES string of the molecule is CCc1cc(SCC(=O)N2CCCCC2C)n2c(nc3ccccc32)c1C#N. The van der Waals surface area contributed by atoms with Crippen LogP contribution in [0.1, 0.15) is 44.2 Å². The van der Waals surface area contributed by atoms with Crippen molar-refractivity contribution < 1.29 is 4.79 Å². The van der Waals surface area contributed by atoms with Gasteiger partial charge in [0.05, 0.1) is 27.4 Å². The third kappa shape index (κ3) is 3.24. The summed E-state index contributed by atoms with van der Waals surface area (Å²) >= 11 is 1.54. The molecule has 2 aromatic heterocycles. The van der Waals surface area contributed by atoms with E-state index in [-0.39, 0.29) is 5.91 Å². The van der Waals surface area contributed by atoms with Gasteiger partial charge >= 0.3 is 0 Å². The molecule has 0 spiro atoms. The third-order valence-corrected chi connectivity index (χ3v) is 6.57. The second-order valence-electron chi connectivity index (χ2n) is 7.33. The van der Waals surface area contributed by atoms with E-state index in [4.69, 9.17) is 4.98 Å². The van der Waals surface area contributed by atoms with Crippen molar-refractivity contribution in [3.8, 4) is 6.07 Å². The summed E-state index contributed by atoms with van der Waals surface area (Å²) in [5, 5.41) is 10.7. The molecule has 1 atom stereocenters. The number of thioether (sulfide) groups is 1. The number of aryl methyl sites for hydroxylation is 1. The molecule has 1 unspecified atom stereocenters. The number of fused-ring (bicyclic) bond motifs is 3. The molecule has 0 radical (unpaired) electrons. The van der Waals surface area contributed by atoms with Gasteiger partial charge in [0.25, 0.3) is 0 Å². The van der Waals surface area contributed by atoms with Gasteiger partial charge in [-0.3, -0.25) is 9.20 Å². The van der Waals surface area contributed by atoms with Crippen molar-refractivity contribution >= 4 is 34.3 Å². The average Bonchev–Trinajstić information content (AvgIpc) is 3.11. The zero-order chi connectivity index (χ0) is 19.7. The van der Waals surface area contributed by atoms with E-state index in [1.807, 2.05) is 40.5 Å². The molecule has 1 aromatic carbocycles. The molecule has 6 heteroatoms. The highest BCUT2D eigenvalue weighted by Crippen LogP contribution is 2.30. The predicted octanol–water partition coefficient (Wildman–Crippen LogP) is 4.41. The van der Waals surface area contributed by atoms with Crippen LogP contribution in [-0.4, -0.2) is 38.5 Å². The van der Waals surface area contributed by atoms with E-state index in [0.29, 0.717) is 23.0 Å². The van der Waals surface area contributed by atoms with Crippen molar-refractivity contribution in [3.63, 3.8) is 0 Å². The van der Waals surface area contributed by atoms with Gasteiger partial charge in [0.2, 0.25) is 5.91 Å². The number of hydrogen-bond acceptors (Lipinski definition) is 4. The molecule has 3 aromatic rings. The van der Waals surface area contributed by atoms with Gasteiger partial charge in [-0.2, -0.15) is 5.26 Å². The molecule has 5 nitrogen and oxygen atoms in total. The second-order valence-corrected chi connectivity index (χ2v) is 8.32. The van der Waals surface area contributed by atoms with E-state index in [0.717, 1.165) is 47.4 Å². The number of hydrogen-bond donors (Lipinski definition) is 0. The van der Waals surface area contributed by atoms with E-state index in [9.17, 15) is 10.1 Å². The number of nitrogens with zero attached hydrogens (tertiary/aromatic N) is 4. The second kappa shape index (κ2) is 7.84. The summed E-state index contributed by atoms with van der Waals surface area (Å²) in [6.45, 7) is 5.04. The third-order valence-electron chi connectivity index (χ3n) is 5.58. The molecule has 0 aliphatic carbocycles. The van der Waals surface area contributed by atoms with E-state index in [2.05, 4.69) is 19.1 Å². The number of para-hydroxylation sites is 2. The van der Waals surface area contributed by atoms with E-state index >= 15 is 0 Å². The summed E-state index contributed by atoms with van der Waals surface area (Å²) in [4.78, 5) is 19.6. The Morgan fingerprint density at radius 3 is 2.93 bits per heavy atom. The Balaban J connectivity index is 1.74. The van der Waals surface area contributed by atoms with Crippen LogP contribution < -0.4 is 0 Å². The maximum Gasteiger partial charge on any atom is 0.233 e. The first-order chi connectivity index (χ1) is 13.6. The van der Waals surface area contributed by atoms with Crippen LogP contribution in [0, 0.1) is 11.3 Å². The van der Waals surface area contributed by atoms with Crippen molar-refractivity contribution in [2.75, 3.05) is 12.3 Å². The molecule has 144 valence electrons. The van der Waals surface area contributed by atoms with Crippen LogP contribution in [0.25, 0.3) is 16.7 Å². The fourth-order valence-corrected chi connectivity index (χ4v) is 5.02. The normalized spacial score (nSPS) is 17.2. The maximum absolute atomic E-state index is 12.8. The highest BCUT2D eigenvalue weighted by molar-refractivity contribution is 7.99. The molecule has 1 fully saturated rings. The number of rotatable bonds is 4. The standard InChI is InChI=1S/C22H24N4OS/c1-3-16-12-21(28-14-20(27)25-11-7-6-8-15(25)2)26-19-10-5-4-9-18(19)24-22(26)17(16)13-23/h4-5,9-10,12,15H,3,6-8,11,14H2,1-2H3. The van der Waals surface area contributed by atoms with Gasteiger partial charge < -0.3 is 4.90 Å². The minimum atomic E-state index is 0.192. The highest BCUT2D eigenvalue weighted by atomic mass is 32.2. The number of pyridine rings is 1. The minimum absolute atomic E-state index is 0.192. The van der Waals surface area contributed by atoms with Crippen molar-refractivity contribution in [2.45, 2.75) is 50.6 Å². The lowest BCUT2D eigenvalue weighted by atomic mass is 10.0. The van der Waals surface area contributed by atoms with Gasteiger partial charge in [0, 0.05) is 12.6 Å². The summed E-state index contributed by atoms with van der Waals surface area (Å²) in [7, 11) is 0. The molecule has 4 rings (SSSR count). The van der Waals surface area contributed by atoms with Gasteiger partial charge in [-0.25, -0.2) is 4.98 Å². The fraction of sp³-hybridized carbons (Fsp3) is 0.409. The Hall–Kier alpha value is -2.52. The molecular weight excluding hydrogens is 368 g/mol. The van der Waals surface area contributed by atoms with Gasteiger partial charge in [0.1, 0.15) is 6.07 Å². The Labute approximate surface area is 169 Å². The lowest BCUT2D eigenvalue weighted by molar-refractivity contribution is -0.131. The van der Waals surface area contributed by atoms with Crippen LogP contribution in [-0.2, 0) is 11.2 Å². The van der Waals surface area contributed by atoms with Crippen molar-refractivity contribution in [2.24, 2.45) is 0 Å². The van der Waals surface area contributed by atoms with Gasteiger partial charge in [0.15, 0.2) is 5.65 Å². The Bertz CT molecular complexity index is 1080. The van der Waals surface area contributed by atoms with Crippen LogP contribution in [0.5, 0.6) is 0 Å². The van der Waals surface area contributed by atoms with Crippen LogP contribution in [0.3, 0.4) is 0 Å². The molecule has 1 saturated heterocycles. The quantitative estimate of drug-likeness (QED) is 0.617. The number of piperidine rings is 1. The number of benzene rings is 1. The smallest absolute Gasteiger partial charge is 0.233 e. The van der Waals surface area contributed by atoms with Crippen LogP contribution in [0.2, 0.25) is 0 Å². The van der Waals surface area contributed by atoms with Crippen LogP contribution in [0.4, 0.5) is 0 Å². The summed E-state index contributed by atoms with van der Waals surface area (Å²) in [5.74, 6) is 0.596. The van der Waals surface area contributed by atoms with Crippen LogP contribution in [0.15, 0.2) is 35.4 Å². The molecule has 28 heavy (non-hydrogen) atoms. The Morgan fingerprint density at radius 2 is 2.18 bits per heavy atom. The molecule has 3 heterocycles. The summed E-state index contributed by atoms with van der Waals surface area (Å²) in [6, 6.07) is 12.6. The van der Waals surface area contributed by atoms with Crippen LogP contribution >= 0.6 is 11.8 Å². The number of likely N-dealkylation sites (tertiary alicyclic amines) is 1. The van der Waals surface area contributed by atoms with E-state index in [1.165, 1.54) is 6.42 Å². The Morgan fingerprint density at radius 1 is 1.36 bits per heavy atom. The molecule has 0 bridgehead atoms. The molecular formula is C22H24N4OS. The zero-order valence-electron chi connectivity index (χ0n) is 16.3. The van der Waals surface area contributed by atoms with Gasteiger partial charge in [-0.1, -0.05) is 30.8 Å². The molecule has 1 aliphatic heterocycles. The topological polar surface area (TPSA) is 61.4 Å². The first-order valence-corrected chi connectivity index (χ1v) is 10.9. The zero-order valence-corrected chi connectivity index (χ0v) is 17.1. The fourth-order valence-electron chi connectivity index (χ4n) is 4.04. The number of amides is 1. The first-order valence-electron chi connectivity index (χ1n) is 9.89. The van der Waals surface area contributed by atoms with Crippen molar-refractivity contribution in [1.82, 2.24) is 14.3 Å². The number of aromatic nitrogens is 2. The monoisotopic (exact) mass is 392 g/mol. The number of carbonyl (C=O) groups excluding carboxylic acids is 1. The van der Waals surface area contributed by atoms with Gasteiger partial charge in [-0.05, 0) is 56.4 Å². The summed E-state index contributed by atoms with van der Waals surface area (Å²) < 4.78 is 2.03. The van der Waals surface area contributed by atoms with Crippen molar-refractivity contribution in [3.05, 3.63) is 41.5 Å². The largest absolute Gasteiger partial charge is 0.339 e. The number of nitriles is 1. The van der Waals surface area contributed by atoms with Crippen molar-refractivity contribution in [1.29, 1.82) is 5.26 Å². The average molecular weight is 393 g/mol. The lowest BCUT2D eigenvalue weighted by Gasteiger charge is -2.33. The van der Waals surface area contributed by atoms with E-state index in [1.54, 1.807) is 11.8 Å². The molecule has 0 saturated carbocycles. The number of imidazole rings is 1. The molecule has 1 amide bonds. The summed E-state index contributed by atoms with van der Waals surface area (Å²) in [5.41, 5.74) is 4.12.